The Morgan fingerprint density at radius 2 is 2.11 bits per heavy atom. The minimum absolute atomic E-state index is 0.336. The molecule has 1 fully saturated rings. The second kappa shape index (κ2) is 4.56. The Morgan fingerprint density at radius 1 is 1.32 bits per heavy atom. The second-order valence-corrected chi connectivity index (χ2v) is 7.19. The van der Waals surface area contributed by atoms with Crippen molar-refractivity contribution in [3.63, 3.8) is 0 Å². The van der Waals surface area contributed by atoms with Crippen LogP contribution < -0.4 is 10.0 Å². The van der Waals surface area contributed by atoms with E-state index in [1.807, 2.05) is 13.0 Å². The van der Waals surface area contributed by atoms with Crippen molar-refractivity contribution in [2.24, 2.45) is 0 Å². The number of nitrogens with one attached hydrogen (secondary N) is 2. The van der Waals surface area contributed by atoms with Gasteiger partial charge in [-0.3, -0.25) is 0 Å². The molecule has 2 aliphatic rings. The number of fused-ring (bicyclic) bond motifs is 1. The zero-order valence-electron chi connectivity index (χ0n) is 10.9. The van der Waals surface area contributed by atoms with Gasteiger partial charge in [-0.15, -0.1) is 0 Å². The van der Waals surface area contributed by atoms with Crippen LogP contribution in [-0.2, 0) is 27.8 Å². The number of sulfonamides is 1. The minimum atomic E-state index is -3.48. The van der Waals surface area contributed by atoms with Gasteiger partial charge in [-0.25, -0.2) is 13.1 Å². The summed E-state index contributed by atoms with van der Waals surface area (Å²) in [5.41, 5.74) is 1.75. The van der Waals surface area contributed by atoms with Gasteiger partial charge in [-0.2, -0.15) is 0 Å². The lowest BCUT2D eigenvalue weighted by Gasteiger charge is -2.23. The molecule has 0 spiro atoms. The molecule has 6 heteroatoms. The van der Waals surface area contributed by atoms with Gasteiger partial charge >= 0.3 is 0 Å². The number of hydrogen-bond donors (Lipinski definition) is 2. The smallest absolute Gasteiger partial charge is 0.241 e. The molecule has 19 heavy (non-hydrogen) atoms. The van der Waals surface area contributed by atoms with Crippen molar-refractivity contribution in [1.29, 1.82) is 0 Å². The average molecular weight is 282 g/mol. The predicted octanol–water partition coefficient (Wildman–Crippen LogP) is 0.747. The Balaban J connectivity index is 1.88. The summed E-state index contributed by atoms with van der Waals surface area (Å²) >= 11 is 0. The lowest BCUT2D eigenvalue weighted by atomic mass is 10.0. The normalized spacial score (nSPS) is 26.6. The Morgan fingerprint density at radius 3 is 2.84 bits per heavy atom. The molecule has 2 N–H and O–H groups in total. The van der Waals surface area contributed by atoms with Crippen LogP contribution in [0, 0.1) is 0 Å². The molecule has 2 aliphatic heterocycles. The molecule has 0 saturated carbocycles. The highest BCUT2D eigenvalue weighted by Crippen LogP contribution is 2.24. The summed E-state index contributed by atoms with van der Waals surface area (Å²) in [4.78, 5) is 0.336. The van der Waals surface area contributed by atoms with Crippen LogP contribution in [0.2, 0.25) is 0 Å². The van der Waals surface area contributed by atoms with Crippen molar-refractivity contribution in [3.8, 4) is 0 Å². The van der Waals surface area contributed by atoms with Gasteiger partial charge < -0.3 is 10.1 Å². The van der Waals surface area contributed by atoms with Gasteiger partial charge in [0, 0.05) is 19.7 Å². The summed E-state index contributed by atoms with van der Waals surface area (Å²) in [6, 6.07) is 5.32. The van der Waals surface area contributed by atoms with Crippen molar-refractivity contribution >= 4 is 10.0 Å². The van der Waals surface area contributed by atoms with Gasteiger partial charge in [0.1, 0.15) is 0 Å². The first-order valence-electron chi connectivity index (χ1n) is 6.43. The molecule has 0 radical (unpaired) electrons. The van der Waals surface area contributed by atoms with E-state index < -0.39 is 15.6 Å². The fourth-order valence-electron chi connectivity index (χ4n) is 2.57. The van der Waals surface area contributed by atoms with Crippen LogP contribution in [0.25, 0.3) is 0 Å². The third kappa shape index (κ3) is 2.53. The molecule has 104 valence electrons. The maximum atomic E-state index is 12.4. The zero-order valence-corrected chi connectivity index (χ0v) is 11.7. The van der Waals surface area contributed by atoms with Crippen LogP contribution in [0.1, 0.15) is 24.5 Å². The van der Waals surface area contributed by atoms with Crippen LogP contribution >= 0.6 is 0 Å². The highest BCUT2D eigenvalue weighted by molar-refractivity contribution is 7.89. The molecule has 1 saturated heterocycles. The van der Waals surface area contributed by atoms with Gasteiger partial charge in [0.05, 0.1) is 17.0 Å². The highest BCUT2D eigenvalue weighted by Gasteiger charge is 2.34. The third-order valence-electron chi connectivity index (χ3n) is 3.72. The molecule has 0 aliphatic carbocycles. The van der Waals surface area contributed by atoms with Crippen molar-refractivity contribution in [2.75, 3.05) is 13.2 Å². The van der Waals surface area contributed by atoms with Crippen LogP contribution in [-0.4, -0.2) is 27.2 Å². The van der Waals surface area contributed by atoms with Gasteiger partial charge in [-0.05, 0) is 36.6 Å². The van der Waals surface area contributed by atoms with Crippen molar-refractivity contribution < 1.29 is 13.2 Å². The summed E-state index contributed by atoms with van der Waals surface area (Å²) < 4.78 is 32.9. The van der Waals surface area contributed by atoms with Gasteiger partial charge in [-0.1, -0.05) is 6.07 Å². The molecule has 0 bridgehead atoms. The molecule has 1 unspecified atom stereocenters. The molecule has 2 heterocycles. The maximum Gasteiger partial charge on any atom is 0.241 e. The van der Waals surface area contributed by atoms with E-state index >= 15 is 0 Å². The quantitative estimate of drug-likeness (QED) is 0.858. The third-order valence-corrected chi connectivity index (χ3v) is 5.35. The summed E-state index contributed by atoms with van der Waals surface area (Å²) in [7, 11) is -3.48. The van der Waals surface area contributed by atoms with Crippen molar-refractivity contribution in [3.05, 3.63) is 29.3 Å². The predicted molar refractivity (Wildman–Crippen MR) is 71.1 cm³/mol. The first-order chi connectivity index (χ1) is 8.99. The molecule has 1 aromatic rings. The largest absolute Gasteiger partial charge is 0.379 e. The summed E-state index contributed by atoms with van der Waals surface area (Å²) in [5.74, 6) is 0. The maximum absolute atomic E-state index is 12.4. The van der Waals surface area contributed by atoms with E-state index in [2.05, 4.69) is 10.0 Å². The van der Waals surface area contributed by atoms with Gasteiger partial charge in [0.2, 0.25) is 10.0 Å². The molecule has 5 nitrogen and oxygen atoms in total. The first kappa shape index (κ1) is 13.1. The van der Waals surface area contributed by atoms with Crippen LogP contribution in [0.5, 0.6) is 0 Å². The molecule has 1 aromatic carbocycles. The van der Waals surface area contributed by atoms with Gasteiger partial charge in [0.15, 0.2) is 0 Å². The van der Waals surface area contributed by atoms with Crippen LogP contribution in [0.3, 0.4) is 0 Å². The number of hydrogen-bond acceptors (Lipinski definition) is 4. The van der Waals surface area contributed by atoms with E-state index in [1.165, 1.54) is 5.56 Å². The fraction of sp³-hybridized carbons (Fsp3) is 0.538. The van der Waals surface area contributed by atoms with E-state index in [1.54, 1.807) is 12.1 Å². The molecular formula is C13H18N2O3S. The van der Waals surface area contributed by atoms with E-state index in [9.17, 15) is 8.42 Å². The van der Waals surface area contributed by atoms with E-state index in [-0.39, 0.29) is 0 Å². The molecule has 0 aromatic heterocycles. The molecule has 0 amide bonds. The minimum Gasteiger partial charge on any atom is -0.379 e. The number of rotatable bonds is 3. The van der Waals surface area contributed by atoms with E-state index in [4.69, 9.17) is 4.74 Å². The molecular weight excluding hydrogens is 264 g/mol. The monoisotopic (exact) mass is 282 g/mol. The fourth-order valence-corrected chi connectivity index (χ4v) is 4.04. The zero-order chi connectivity index (χ0) is 13.5. The van der Waals surface area contributed by atoms with E-state index in [0.717, 1.165) is 18.7 Å². The van der Waals surface area contributed by atoms with E-state index in [0.29, 0.717) is 24.5 Å². The Hall–Kier alpha value is -0.950. The Labute approximate surface area is 113 Å². The summed E-state index contributed by atoms with van der Waals surface area (Å²) in [5, 5.41) is 3.21. The van der Waals surface area contributed by atoms with Crippen LogP contribution in [0.4, 0.5) is 0 Å². The Kier molecular flexibility index (Phi) is 3.13. The van der Waals surface area contributed by atoms with Crippen molar-refractivity contribution in [2.45, 2.75) is 36.9 Å². The number of ether oxygens (including phenoxy) is 1. The molecule has 3 rings (SSSR count). The average Bonchev–Trinajstić information content (AvgIpc) is 2.96. The lowest BCUT2D eigenvalue weighted by molar-refractivity contribution is 0.178. The summed E-state index contributed by atoms with van der Waals surface area (Å²) in [6.45, 7) is 4.46. The van der Waals surface area contributed by atoms with Gasteiger partial charge in [0.25, 0.3) is 0 Å². The standard InChI is InChI=1S/C13H18N2O3S/c1-13(4-5-18-9-13)15-19(16,17)12-3-2-10-7-14-8-11(10)6-12/h2-3,6,14-15H,4-5,7-9H2,1H3. The SMILES string of the molecule is CC1(NS(=O)(=O)c2ccc3c(c2)CNC3)CCOC1. The topological polar surface area (TPSA) is 67.4 Å². The summed E-state index contributed by atoms with van der Waals surface area (Å²) in [6.07, 6.45) is 0.707. The Bertz CT molecular complexity index is 592. The second-order valence-electron chi connectivity index (χ2n) is 5.50. The van der Waals surface area contributed by atoms with Crippen molar-refractivity contribution in [1.82, 2.24) is 10.0 Å². The molecule has 1 atom stereocenters. The van der Waals surface area contributed by atoms with Crippen LogP contribution in [0.15, 0.2) is 23.1 Å². The highest BCUT2D eigenvalue weighted by atomic mass is 32.2. The first-order valence-corrected chi connectivity index (χ1v) is 7.91. The lowest BCUT2D eigenvalue weighted by Crippen LogP contribution is -2.46. The number of benzene rings is 1.